The maximum atomic E-state index is 6.10. The minimum absolute atomic E-state index is 0.192. The first-order chi connectivity index (χ1) is 7.50. The zero-order chi connectivity index (χ0) is 11.8. The van der Waals surface area contributed by atoms with Crippen molar-refractivity contribution in [1.29, 1.82) is 0 Å². The average molecular weight is 226 g/mol. The predicted octanol–water partition coefficient (Wildman–Crippen LogP) is 1.76. The summed E-state index contributed by atoms with van der Waals surface area (Å²) in [5.74, 6) is 0. The van der Waals surface area contributed by atoms with Crippen LogP contribution in [0.25, 0.3) is 0 Å². The summed E-state index contributed by atoms with van der Waals surface area (Å²) >= 11 is 0. The van der Waals surface area contributed by atoms with Crippen molar-refractivity contribution < 1.29 is 4.74 Å². The molecule has 3 heteroatoms. The van der Waals surface area contributed by atoms with Crippen LogP contribution in [-0.4, -0.2) is 41.8 Å². The molecule has 0 bridgehead atoms. The molecule has 2 N–H and O–H groups in total. The van der Waals surface area contributed by atoms with Gasteiger partial charge in [0, 0.05) is 24.2 Å². The van der Waals surface area contributed by atoms with Gasteiger partial charge in [0.2, 0.25) is 0 Å². The van der Waals surface area contributed by atoms with E-state index in [9.17, 15) is 0 Å². The molecule has 0 spiro atoms. The van der Waals surface area contributed by atoms with Crippen LogP contribution in [-0.2, 0) is 4.74 Å². The standard InChI is InChI=1S/C13H26N2O/c1-11-9-13(10-14,6-8-16-11)15-7-4-5-12(15,2)3/h11H,4-10,14H2,1-3H3. The zero-order valence-corrected chi connectivity index (χ0v) is 11.0. The lowest BCUT2D eigenvalue weighted by Gasteiger charge is -2.51. The highest BCUT2D eigenvalue weighted by molar-refractivity contribution is 5.03. The fourth-order valence-corrected chi connectivity index (χ4v) is 3.67. The summed E-state index contributed by atoms with van der Waals surface area (Å²) in [5, 5.41) is 0. The largest absolute Gasteiger partial charge is 0.378 e. The highest BCUT2D eigenvalue weighted by atomic mass is 16.5. The van der Waals surface area contributed by atoms with E-state index in [-0.39, 0.29) is 5.54 Å². The molecule has 2 heterocycles. The zero-order valence-electron chi connectivity index (χ0n) is 11.0. The van der Waals surface area contributed by atoms with Crippen LogP contribution >= 0.6 is 0 Å². The third-order valence-electron chi connectivity index (χ3n) is 4.49. The minimum Gasteiger partial charge on any atom is -0.378 e. The van der Waals surface area contributed by atoms with Crippen LogP contribution in [0.5, 0.6) is 0 Å². The molecule has 0 amide bonds. The third kappa shape index (κ3) is 2.01. The Balaban J connectivity index is 2.20. The summed E-state index contributed by atoms with van der Waals surface area (Å²) in [6.07, 6.45) is 5.15. The second kappa shape index (κ2) is 4.28. The number of nitrogens with two attached hydrogens (primary N) is 1. The number of nitrogens with zero attached hydrogens (tertiary/aromatic N) is 1. The number of likely N-dealkylation sites (tertiary alicyclic amines) is 1. The summed E-state index contributed by atoms with van der Waals surface area (Å²) in [7, 11) is 0. The molecule has 0 aromatic carbocycles. The Hall–Kier alpha value is -0.120. The fraction of sp³-hybridized carbons (Fsp3) is 1.00. The Morgan fingerprint density at radius 2 is 2.12 bits per heavy atom. The van der Waals surface area contributed by atoms with Crippen LogP contribution in [0, 0.1) is 0 Å². The van der Waals surface area contributed by atoms with Gasteiger partial charge in [-0.3, -0.25) is 4.90 Å². The van der Waals surface area contributed by atoms with Crippen molar-refractivity contribution in [1.82, 2.24) is 4.90 Å². The molecule has 3 nitrogen and oxygen atoms in total. The molecule has 16 heavy (non-hydrogen) atoms. The molecule has 0 aromatic heterocycles. The Morgan fingerprint density at radius 3 is 2.62 bits per heavy atom. The molecule has 0 aliphatic carbocycles. The van der Waals surface area contributed by atoms with E-state index in [2.05, 4.69) is 25.7 Å². The molecule has 2 unspecified atom stereocenters. The Labute approximate surface area is 99.3 Å². The smallest absolute Gasteiger partial charge is 0.0565 e. The second-order valence-corrected chi connectivity index (χ2v) is 6.13. The van der Waals surface area contributed by atoms with Crippen LogP contribution in [0.15, 0.2) is 0 Å². The van der Waals surface area contributed by atoms with Gasteiger partial charge < -0.3 is 10.5 Å². The van der Waals surface area contributed by atoms with Gasteiger partial charge in [0.25, 0.3) is 0 Å². The summed E-state index contributed by atoms with van der Waals surface area (Å²) in [6.45, 7) is 9.73. The van der Waals surface area contributed by atoms with Crippen molar-refractivity contribution in [2.75, 3.05) is 19.7 Å². The summed E-state index contributed by atoms with van der Waals surface area (Å²) in [5.41, 5.74) is 6.61. The van der Waals surface area contributed by atoms with Gasteiger partial charge in [0.05, 0.1) is 6.10 Å². The summed E-state index contributed by atoms with van der Waals surface area (Å²) in [4.78, 5) is 2.67. The van der Waals surface area contributed by atoms with Crippen molar-refractivity contribution in [2.24, 2.45) is 5.73 Å². The van der Waals surface area contributed by atoms with E-state index in [1.54, 1.807) is 0 Å². The van der Waals surface area contributed by atoms with Crippen molar-refractivity contribution in [2.45, 2.75) is 63.6 Å². The minimum atomic E-state index is 0.192. The molecule has 94 valence electrons. The monoisotopic (exact) mass is 226 g/mol. The second-order valence-electron chi connectivity index (χ2n) is 6.13. The van der Waals surface area contributed by atoms with Crippen LogP contribution in [0.1, 0.15) is 46.5 Å². The van der Waals surface area contributed by atoms with Gasteiger partial charge in [-0.05, 0) is 53.0 Å². The molecular formula is C13H26N2O. The normalized spacial score (nSPS) is 40.1. The topological polar surface area (TPSA) is 38.5 Å². The van der Waals surface area contributed by atoms with Gasteiger partial charge in [-0.15, -0.1) is 0 Å². The molecule has 0 saturated carbocycles. The van der Waals surface area contributed by atoms with Gasteiger partial charge in [0.15, 0.2) is 0 Å². The van der Waals surface area contributed by atoms with Crippen molar-refractivity contribution in [3.05, 3.63) is 0 Å². The molecule has 0 radical (unpaired) electrons. The number of rotatable bonds is 2. The van der Waals surface area contributed by atoms with Crippen molar-refractivity contribution >= 4 is 0 Å². The lowest BCUT2D eigenvalue weighted by molar-refractivity contribution is -0.0817. The van der Waals surface area contributed by atoms with Crippen LogP contribution in [0.3, 0.4) is 0 Å². The van der Waals surface area contributed by atoms with Gasteiger partial charge in [-0.1, -0.05) is 0 Å². The van der Waals surface area contributed by atoms with Gasteiger partial charge in [0.1, 0.15) is 0 Å². The molecule has 0 aromatic rings. The van der Waals surface area contributed by atoms with Crippen LogP contribution < -0.4 is 5.73 Å². The van der Waals surface area contributed by atoms with E-state index < -0.39 is 0 Å². The number of hydrogen-bond acceptors (Lipinski definition) is 3. The predicted molar refractivity (Wildman–Crippen MR) is 66.5 cm³/mol. The first-order valence-corrected chi connectivity index (χ1v) is 6.60. The molecule has 2 saturated heterocycles. The Morgan fingerprint density at radius 1 is 1.38 bits per heavy atom. The first-order valence-electron chi connectivity index (χ1n) is 6.60. The average Bonchev–Trinajstić information content (AvgIpc) is 2.58. The number of ether oxygens (including phenoxy) is 1. The fourth-order valence-electron chi connectivity index (χ4n) is 3.67. The highest BCUT2D eigenvalue weighted by Gasteiger charge is 2.47. The van der Waals surface area contributed by atoms with E-state index >= 15 is 0 Å². The van der Waals surface area contributed by atoms with Gasteiger partial charge in [-0.2, -0.15) is 0 Å². The van der Waals surface area contributed by atoms with Crippen molar-refractivity contribution in [3.63, 3.8) is 0 Å². The van der Waals surface area contributed by atoms with E-state index in [4.69, 9.17) is 10.5 Å². The first kappa shape index (κ1) is 12.3. The van der Waals surface area contributed by atoms with E-state index in [1.807, 2.05) is 0 Å². The van der Waals surface area contributed by atoms with Crippen LogP contribution in [0.4, 0.5) is 0 Å². The van der Waals surface area contributed by atoms with Gasteiger partial charge in [-0.25, -0.2) is 0 Å². The lowest BCUT2D eigenvalue weighted by atomic mass is 9.82. The summed E-state index contributed by atoms with van der Waals surface area (Å²) < 4.78 is 5.68. The quantitative estimate of drug-likeness (QED) is 0.779. The van der Waals surface area contributed by atoms with E-state index in [0.29, 0.717) is 11.6 Å². The Kier molecular flexibility index (Phi) is 3.30. The lowest BCUT2D eigenvalue weighted by Crippen LogP contribution is -2.62. The SMILES string of the molecule is CC1CC(CN)(N2CCCC2(C)C)CCO1. The third-order valence-corrected chi connectivity index (χ3v) is 4.49. The Bertz CT molecular complexity index is 254. The van der Waals surface area contributed by atoms with E-state index in [0.717, 1.165) is 26.0 Å². The van der Waals surface area contributed by atoms with E-state index in [1.165, 1.54) is 19.4 Å². The molecular weight excluding hydrogens is 200 g/mol. The highest BCUT2D eigenvalue weighted by Crippen LogP contribution is 2.40. The molecule has 2 aliphatic rings. The molecule has 2 atom stereocenters. The van der Waals surface area contributed by atoms with Crippen LogP contribution in [0.2, 0.25) is 0 Å². The molecule has 2 rings (SSSR count). The molecule has 2 aliphatic heterocycles. The van der Waals surface area contributed by atoms with Gasteiger partial charge >= 0.3 is 0 Å². The number of hydrogen-bond donors (Lipinski definition) is 1. The maximum absolute atomic E-state index is 6.10. The van der Waals surface area contributed by atoms with Crippen molar-refractivity contribution in [3.8, 4) is 0 Å². The summed E-state index contributed by atoms with van der Waals surface area (Å²) in [6, 6.07) is 0. The molecule has 2 fully saturated rings. The maximum Gasteiger partial charge on any atom is 0.0565 e.